The molecule has 7 heteroatoms. The number of nitrogens with zero attached hydrogens (tertiary/aromatic N) is 1. The number of carbonyl (C=O) groups is 1. The van der Waals surface area contributed by atoms with E-state index in [2.05, 4.69) is 10.3 Å². The Morgan fingerprint density at radius 1 is 1.19 bits per heavy atom. The van der Waals surface area contributed by atoms with Crippen molar-refractivity contribution in [3.8, 4) is 5.75 Å². The molecule has 0 spiro atoms. The minimum Gasteiger partial charge on any atom is -0.489 e. The Hall–Kier alpha value is -3.48. The quantitative estimate of drug-likeness (QED) is 0.441. The van der Waals surface area contributed by atoms with E-state index in [1.807, 2.05) is 54.8 Å². The van der Waals surface area contributed by atoms with Gasteiger partial charge in [-0.25, -0.2) is 9.18 Å². The SMILES string of the molecule is CCOC(=O)c1[nH]ccc1NCc1cccc(OC/C(=C/F)Cn2c(C)ccc2C)c1. The van der Waals surface area contributed by atoms with Gasteiger partial charge in [-0.3, -0.25) is 0 Å². The van der Waals surface area contributed by atoms with Gasteiger partial charge in [-0.15, -0.1) is 0 Å². The minimum atomic E-state index is -0.397. The van der Waals surface area contributed by atoms with Crippen LogP contribution < -0.4 is 10.1 Å². The van der Waals surface area contributed by atoms with Crippen molar-refractivity contribution in [2.75, 3.05) is 18.5 Å². The lowest BCUT2D eigenvalue weighted by Crippen LogP contribution is -2.11. The van der Waals surface area contributed by atoms with Crippen LogP contribution in [0.15, 0.2) is 60.6 Å². The Labute approximate surface area is 181 Å². The molecule has 2 aromatic heterocycles. The first-order valence-corrected chi connectivity index (χ1v) is 10.2. The molecule has 3 rings (SSSR count). The number of rotatable bonds is 10. The van der Waals surface area contributed by atoms with E-state index in [4.69, 9.17) is 9.47 Å². The van der Waals surface area contributed by atoms with Crippen molar-refractivity contribution in [3.63, 3.8) is 0 Å². The van der Waals surface area contributed by atoms with Gasteiger partial charge in [0.25, 0.3) is 0 Å². The molecule has 31 heavy (non-hydrogen) atoms. The fraction of sp³-hybridized carbons (Fsp3) is 0.292. The first-order chi connectivity index (χ1) is 15.0. The van der Waals surface area contributed by atoms with E-state index in [9.17, 15) is 9.18 Å². The van der Waals surface area contributed by atoms with Gasteiger partial charge in [-0.2, -0.15) is 0 Å². The van der Waals surface area contributed by atoms with Gasteiger partial charge in [-0.05, 0) is 56.7 Å². The number of anilines is 1. The summed E-state index contributed by atoms with van der Waals surface area (Å²) in [6.45, 7) is 7.19. The van der Waals surface area contributed by atoms with Crippen LogP contribution >= 0.6 is 0 Å². The Balaban J connectivity index is 1.58. The van der Waals surface area contributed by atoms with E-state index in [1.54, 1.807) is 19.2 Å². The van der Waals surface area contributed by atoms with Crippen LogP contribution in [0.1, 0.15) is 34.4 Å². The molecule has 2 heterocycles. The molecule has 0 radical (unpaired) electrons. The number of hydrogen-bond donors (Lipinski definition) is 2. The fourth-order valence-corrected chi connectivity index (χ4v) is 3.27. The van der Waals surface area contributed by atoms with E-state index in [0.717, 1.165) is 17.0 Å². The van der Waals surface area contributed by atoms with Crippen molar-refractivity contribution < 1.29 is 18.7 Å². The van der Waals surface area contributed by atoms with Crippen molar-refractivity contribution in [1.82, 2.24) is 9.55 Å². The molecule has 0 saturated carbocycles. The third-order valence-corrected chi connectivity index (χ3v) is 4.96. The van der Waals surface area contributed by atoms with Crippen LogP contribution in [0.2, 0.25) is 0 Å². The molecule has 1 aromatic carbocycles. The van der Waals surface area contributed by atoms with Gasteiger partial charge in [0.05, 0.1) is 18.6 Å². The summed E-state index contributed by atoms with van der Waals surface area (Å²) < 4.78 is 26.4. The van der Waals surface area contributed by atoms with Gasteiger partial charge in [0.15, 0.2) is 0 Å². The molecule has 0 saturated heterocycles. The largest absolute Gasteiger partial charge is 0.489 e. The molecule has 0 aliphatic rings. The number of aromatic nitrogens is 2. The zero-order valence-corrected chi connectivity index (χ0v) is 18.1. The average Bonchev–Trinajstić information content (AvgIpc) is 3.37. The number of aromatic amines is 1. The summed E-state index contributed by atoms with van der Waals surface area (Å²) in [6.07, 6.45) is 2.31. The Kier molecular flexibility index (Phi) is 7.54. The van der Waals surface area contributed by atoms with Crippen LogP contribution in [0.25, 0.3) is 0 Å². The van der Waals surface area contributed by atoms with Gasteiger partial charge in [0.2, 0.25) is 0 Å². The summed E-state index contributed by atoms with van der Waals surface area (Å²) in [4.78, 5) is 14.9. The number of H-pyrrole nitrogens is 1. The minimum absolute atomic E-state index is 0.162. The second kappa shape index (κ2) is 10.5. The lowest BCUT2D eigenvalue weighted by Gasteiger charge is -2.14. The number of esters is 1. The normalized spacial score (nSPS) is 11.4. The Morgan fingerprint density at radius 3 is 2.68 bits per heavy atom. The van der Waals surface area contributed by atoms with Gasteiger partial charge in [-0.1, -0.05) is 12.1 Å². The number of aryl methyl sites for hydroxylation is 2. The van der Waals surface area contributed by atoms with Crippen molar-refractivity contribution in [2.45, 2.75) is 33.9 Å². The molecule has 0 aliphatic heterocycles. The zero-order chi connectivity index (χ0) is 22.2. The fourth-order valence-electron chi connectivity index (χ4n) is 3.27. The summed E-state index contributed by atoms with van der Waals surface area (Å²) >= 11 is 0. The van der Waals surface area contributed by atoms with E-state index in [-0.39, 0.29) is 6.61 Å². The van der Waals surface area contributed by atoms with E-state index < -0.39 is 5.97 Å². The van der Waals surface area contributed by atoms with E-state index in [1.165, 1.54) is 0 Å². The molecule has 0 atom stereocenters. The molecule has 2 N–H and O–H groups in total. The van der Waals surface area contributed by atoms with Crippen molar-refractivity contribution in [3.05, 3.63) is 83.2 Å². The number of halogens is 1. The Bertz CT molecular complexity index is 1030. The maximum Gasteiger partial charge on any atom is 0.356 e. The molecule has 0 aliphatic carbocycles. The van der Waals surface area contributed by atoms with Crippen LogP contribution in [0, 0.1) is 13.8 Å². The van der Waals surface area contributed by atoms with Gasteiger partial charge < -0.3 is 24.3 Å². The molecular formula is C24H28FN3O3. The van der Waals surface area contributed by atoms with Crippen molar-refractivity contribution >= 4 is 11.7 Å². The van der Waals surface area contributed by atoms with Crippen molar-refractivity contribution in [2.24, 2.45) is 0 Å². The maximum atomic E-state index is 13.4. The summed E-state index contributed by atoms with van der Waals surface area (Å²) in [7, 11) is 0. The van der Waals surface area contributed by atoms with E-state index in [0.29, 0.717) is 48.7 Å². The molecule has 164 valence electrons. The number of carbonyl (C=O) groups excluding carboxylic acids is 1. The summed E-state index contributed by atoms with van der Waals surface area (Å²) in [5, 5.41) is 3.23. The summed E-state index contributed by atoms with van der Waals surface area (Å²) in [5.74, 6) is 0.255. The lowest BCUT2D eigenvalue weighted by atomic mass is 10.2. The molecule has 0 amide bonds. The molecular weight excluding hydrogens is 397 g/mol. The highest BCUT2D eigenvalue weighted by Crippen LogP contribution is 2.19. The number of ether oxygens (including phenoxy) is 2. The second-order valence-corrected chi connectivity index (χ2v) is 7.25. The number of nitrogens with one attached hydrogen (secondary N) is 2. The smallest absolute Gasteiger partial charge is 0.356 e. The van der Waals surface area contributed by atoms with Crippen LogP contribution in [-0.4, -0.2) is 28.7 Å². The highest BCUT2D eigenvalue weighted by Gasteiger charge is 2.13. The lowest BCUT2D eigenvalue weighted by molar-refractivity contribution is 0.0521. The number of benzene rings is 1. The van der Waals surface area contributed by atoms with Crippen molar-refractivity contribution in [1.29, 1.82) is 0 Å². The van der Waals surface area contributed by atoms with Gasteiger partial charge in [0.1, 0.15) is 18.1 Å². The highest BCUT2D eigenvalue weighted by atomic mass is 19.1. The second-order valence-electron chi connectivity index (χ2n) is 7.25. The predicted molar refractivity (Wildman–Crippen MR) is 119 cm³/mol. The molecule has 0 unspecified atom stereocenters. The van der Waals surface area contributed by atoms with Crippen LogP contribution in [0.4, 0.5) is 10.1 Å². The predicted octanol–water partition coefficient (Wildman–Crippen LogP) is 5.15. The Morgan fingerprint density at radius 2 is 1.97 bits per heavy atom. The average molecular weight is 426 g/mol. The molecule has 6 nitrogen and oxygen atoms in total. The van der Waals surface area contributed by atoms with Crippen LogP contribution in [-0.2, 0) is 17.8 Å². The topological polar surface area (TPSA) is 68.3 Å². The van der Waals surface area contributed by atoms with Gasteiger partial charge >= 0.3 is 5.97 Å². The first-order valence-electron chi connectivity index (χ1n) is 10.2. The third kappa shape index (κ3) is 5.78. The summed E-state index contributed by atoms with van der Waals surface area (Å²) in [5.41, 5.74) is 4.75. The molecule has 0 bridgehead atoms. The highest BCUT2D eigenvalue weighted by molar-refractivity contribution is 5.93. The first kappa shape index (κ1) is 22.2. The van der Waals surface area contributed by atoms with Gasteiger partial charge in [0, 0.05) is 36.2 Å². The monoisotopic (exact) mass is 425 g/mol. The maximum absolute atomic E-state index is 13.4. The third-order valence-electron chi connectivity index (χ3n) is 4.96. The van der Waals surface area contributed by atoms with Crippen LogP contribution in [0.5, 0.6) is 5.75 Å². The zero-order valence-electron chi connectivity index (χ0n) is 18.1. The standard InChI is InChI=1S/C24H28FN3O3/c1-4-30-24(29)23-22(10-11-26-23)27-14-19-6-5-7-21(12-19)31-16-20(13-25)15-28-17(2)8-9-18(28)3/h5-13,26-27H,4,14-16H2,1-3H3/b20-13+. The molecule has 0 fully saturated rings. The number of hydrogen-bond acceptors (Lipinski definition) is 4. The summed E-state index contributed by atoms with van der Waals surface area (Å²) in [6, 6.07) is 13.4. The molecule has 3 aromatic rings. The van der Waals surface area contributed by atoms with Crippen LogP contribution in [0.3, 0.4) is 0 Å². The van der Waals surface area contributed by atoms with E-state index >= 15 is 0 Å².